The molecule has 1 aliphatic heterocycles. The second-order valence-electron chi connectivity index (χ2n) is 7.08. The highest BCUT2D eigenvalue weighted by Crippen LogP contribution is 2.35. The third kappa shape index (κ3) is 4.17. The lowest BCUT2D eigenvalue weighted by atomic mass is 10.0. The first-order valence-electron chi connectivity index (χ1n) is 9.56. The molecule has 3 aromatic rings. The molecule has 1 amide bonds. The number of nitrogens with one attached hydrogen (secondary N) is 2. The summed E-state index contributed by atoms with van der Waals surface area (Å²) >= 11 is 0. The largest absolute Gasteiger partial charge is 0.495 e. The van der Waals surface area contributed by atoms with Gasteiger partial charge < -0.3 is 15.0 Å². The fourth-order valence-corrected chi connectivity index (χ4v) is 3.59. The van der Waals surface area contributed by atoms with Crippen molar-refractivity contribution in [3.63, 3.8) is 0 Å². The third-order valence-corrected chi connectivity index (χ3v) is 5.03. The van der Waals surface area contributed by atoms with Crippen molar-refractivity contribution in [1.29, 1.82) is 0 Å². The van der Waals surface area contributed by atoms with Crippen LogP contribution < -0.4 is 20.5 Å². The number of carbonyl (C=O) groups excluding carboxylic acids is 1. The number of para-hydroxylation sites is 2. The van der Waals surface area contributed by atoms with Gasteiger partial charge in [0.25, 0.3) is 5.56 Å². The Bertz CT molecular complexity index is 1130. The van der Waals surface area contributed by atoms with Crippen LogP contribution in [-0.4, -0.2) is 29.5 Å². The molecule has 0 spiro atoms. The lowest BCUT2D eigenvalue weighted by molar-refractivity contribution is -0.117. The molecule has 8 heteroatoms. The molecule has 1 atom stereocenters. The maximum Gasteiger partial charge on any atom is 0.252 e. The van der Waals surface area contributed by atoms with Crippen molar-refractivity contribution in [3.05, 3.63) is 82.0 Å². The third-order valence-electron chi connectivity index (χ3n) is 5.03. The lowest BCUT2D eigenvalue weighted by Gasteiger charge is -2.19. The topological polar surface area (TPSA) is 87.3 Å². The van der Waals surface area contributed by atoms with Gasteiger partial charge in [0, 0.05) is 31.5 Å². The second-order valence-corrected chi connectivity index (χ2v) is 7.08. The molecule has 0 radical (unpaired) electrons. The lowest BCUT2D eigenvalue weighted by Crippen LogP contribution is -2.25. The molecule has 2 N–H and O–H groups in total. The average molecular weight is 408 g/mol. The van der Waals surface area contributed by atoms with Gasteiger partial charge in [-0.25, -0.2) is 9.37 Å². The number of H-pyrrole nitrogens is 1. The van der Waals surface area contributed by atoms with E-state index in [0.717, 1.165) is 5.56 Å². The average Bonchev–Trinajstić information content (AvgIpc) is 3.13. The van der Waals surface area contributed by atoms with Crippen LogP contribution in [0.15, 0.2) is 59.4 Å². The van der Waals surface area contributed by atoms with Crippen LogP contribution in [0.2, 0.25) is 0 Å². The number of halogens is 1. The standard InChI is InChI=1S/C22H21FN4O3/c1-30-19-8-3-2-7-18(19)27-13-15(10-21(27)29)17-11-20(28)26-22(25-17)24-12-14-5-4-6-16(23)9-14/h2-9,11,15H,10,12-13H2,1H3,(H2,24,25,26,28). The number of ether oxygens (including phenoxy) is 1. The Kier molecular flexibility index (Phi) is 5.47. The van der Waals surface area contributed by atoms with Crippen molar-refractivity contribution in [2.45, 2.75) is 18.9 Å². The Labute approximate surface area is 172 Å². The molecule has 7 nitrogen and oxygen atoms in total. The highest BCUT2D eigenvalue weighted by Gasteiger charge is 2.34. The van der Waals surface area contributed by atoms with Gasteiger partial charge in [-0.05, 0) is 29.8 Å². The van der Waals surface area contributed by atoms with E-state index in [1.807, 2.05) is 18.2 Å². The van der Waals surface area contributed by atoms with Crippen molar-refractivity contribution in [2.24, 2.45) is 0 Å². The first-order chi connectivity index (χ1) is 14.5. The summed E-state index contributed by atoms with van der Waals surface area (Å²) in [5, 5.41) is 3.01. The number of hydrogen-bond acceptors (Lipinski definition) is 5. The molecule has 0 bridgehead atoms. The molecule has 2 heterocycles. The molecular weight excluding hydrogens is 387 g/mol. The molecule has 0 aliphatic carbocycles. The highest BCUT2D eigenvalue weighted by molar-refractivity contribution is 5.97. The van der Waals surface area contributed by atoms with Crippen LogP contribution in [0, 0.1) is 5.82 Å². The van der Waals surface area contributed by atoms with Crippen LogP contribution in [0.5, 0.6) is 5.75 Å². The maximum atomic E-state index is 13.3. The van der Waals surface area contributed by atoms with E-state index >= 15 is 0 Å². The van der Waals surface area contributed by atoms with E-state index in [1.54, 1.807) is 30.2 Å². The normalized spacial score (nSPS) is 16.0. The Morgan fingerprint density at radius 1 is 1.20 bits per heavy atom. The highest BCUT2D eigenvalue weighted by atomic mass is 19.1. The number of benzene rings is 2. The molecule has 4 rings (SSSR count). The minimum Gasteiger partial charge on any atom is -0.495 e. The zero-order chi connectivity index (χ0) is 21.1. The maximum absolute atomic E-state index is 13.3. The monoisotopic (exact) mass is 408 g/mol. The Morgan fingerprint density at radius 2 is 2.03 bits per heavy atom. The minimum atomic E-state index is -0.328. The van der Waals surface area contributed by atoms with E-state index in [9.17, 15) is 14.0 Å². The zero-order valence-electron chi connectivity index (χ0n) is 16.4. The number of anilines is 2. The predicted octanol–water partition coefficient (Wildman–Crippen LogP) is 3.05. The van der Waals surface area contributed by atoms with Crippen LogP contribution in [0.3, 0.4) is 0 Å². The van der Waals surface area contributed by atoms with Crippen LogP contribution in [-0.2, 0) is 11.3 Å². The SMILES string of the molecule is COc1ccccc1N1CC(c2cc(=O)[nH]c(NCc3cccc(F)c3)n2)CC1=O. The van der Waals surface area contributed by atoms with Gasteiger partial charge in [-0.1, -0.05) is 24.3 Å². The van der Waals surface area contributed by atoms with E-state index in [4.69, 9.17) is 4.74 Å². The molecule has 30 heavy (non-hydrogen) atoms. The first kappa shape index (κ1) is 19.6. The van der Waals surface area contributed by atoms with Crippen molar-refractivity contribution in [1.82, 2.24) is 9.97 Å². The predicted molar refractivity (Wildman–Crippen MR) is 111 cm³/mol. The summed E-state index contributed by atoms with van der Waals surface area (Å²) in [5.41, 5.74) is 1.64. The molecule has 1 unspecified atom stereocenters. The van der Waals surface area contributed by atoms with Crippen LogP contribution >= 0.6 is 0 Å². The van der Waals surface area contributed by atoms with Gasteiger partial charge in [-0.15, -0.1) is 0 Å². The summed E-state index contributed by atoms with van der Waals surface area (Å²) in [6, 6.07) is 14.9. The van der Waals surface area contributed by atoms with E-state index < -0.39 is 0 Å². The van der Waals surface area contributed by atoms with E-state index in [-0.39, 0.29) is 35.6 Å². The summed E-state index contributed by atoms with van der Waals surface area (Å²) in [4.78, 5) is 33.6. The fourth-order valence-electron chi connectivity index (χ4n) is 3.59. The Balaban J connectivity index is 1.53. The van der Waals surface area contributed by atoms with Gasteiger partial charge in [-0.3, -0.25) is 14.6 Å². The van der Waals surface area contributed by atoms with Gasteiger partial charge in [0.05, 0.1) is 18.5 Å². The first-order valence-corrected chi connectivity index (χ1v) is 9.56. The summed E-state index contributed by atoms with van der Waals surface area (Å²) in [5.74, 6) is 0.290. The minimum absolute atomic E-state index is 0.0548. The van der Waals surface area contributed by atoms with Crippen molar-refractivity contribution in [2.75, 3.05) is 23.9 Å². The molecule has 1 fully saturated rings. The number of hydrogen-bond donors (Lipinski definition) is 2. The number of carbonyl (C=O) groups is 1. The Hall–Kier alpha value is -3.68. The van der Waals surface area contributed by atoms with Gasteiger partial charge in [0.1, 0.15) is 11.6 Å². The van der Waals surface area contributed by atoms with Crippen molar-refractivity contribution >= 4 is 17.5 Å². The molecule has 1 aromatic heterocycles. The number of aromatic amines is 1. The molecule has 2 aromatic carbocycles. The van der Waals surface area contributed by atoms with E-state index in [1.165, 1.54) is 18.2 Å². The molecule has 0 saturated carbocycles. The van der Waals surface area contributed by atoms with Crippen LogP contribution in [0.1, 0.15) is 23.6 Å². The number of amides is 1. The van der Waals surface area contributed by atoms with Gasteiger partial charge in [-0.2, -0.15) is 0 Å². The summed E-state index contributed by atoms with van der Waals surface area (Å²) < 4.78 is 18.7. The van der Waals surface area contributed by atoms with E-state index in [0.29, 0.717) is 30.2 Å². The summed E-state index contributed by atoms with van der Waals surface area (Å²) in [6.07, 6.45) is 0.248. The summed E-state index contributed by atoms with van der Waals surface area (Å²) in [7, 11) is 1.56. The number of rotatable bonds is 6. The molecule has 1 aliphatic rings. The summed E-state index contributed by atoms with van der Waals surface area (Å²) in [6.45, 7) is 0.708. The quantitative estimate of drug-likeness (QED) is 0.655. The number of methoxy groups -OCH3 is 1. The number of aromatic nitrogens is 2. The van der Waals surface area contributed by atoms with Crippen LogP contribution in [0.25, 0.3) is 0 Å². The fraction of sp³-hybridized carbons (Fsp3) is 0.227. The van der Waals surface area contributed by atoms with Gasteiger partial charge >= 0.3 is 0 Å². The Morgan fingerprint density at radius 3 is 2.83 bits per heavy atom. The molecule has 1 saturated heterocycles. The van der Waals surface area contributed by atoms with Gasteiger partial charge in [0.15, 0.2) is 0 Å². The van der Waals surface area contributed by atoms with Crippen molar-refractivity contribution < 1.29 is 13.9 Å². The van der Waals surface area contributed by atoms with Crippen LogP contribution in [0.4, 0.5) is 16.0 Å². The molecular formula is C22H21FN4O3. The second kappa shape index (κ2) is 8.36. The zero-order valence-corrected chi connectivity index (χ0v) is 16.4. The van der Waals surface area contributed by atoms with Crippen molar-refractivity contribution in [3.8, 4) is 5.75 Å². The number of nitrogens with zero attached hydrogens (tertiary/aromatic N) is 2. The van der Waals surface area contributed by atoms with Gasteiger partial charge in [0.2, 0.25) is 11.9 Å². The van der Waals surface area contributed by atoms with E-state index in [2.05, 4.69) is 15.3 Å². The molecule has 154 valence electrons. The smallest absolute Gasteiger partial charge is 0.252 e.